The topological polar surface area (TPSA) is 37.7 Å². The summed E-state index contributed by atoms with van der Waals surface area (Å²) in [7, 11) is 0. The zero-order valence-corrected chi connectivity index (χ0v) is 15.5. The summed E-state index contributed by atoms with van der Waals surface area (Å²) >= 11 is 3.59. The number of rotatable bonds is 2. The lowest BCUT2D eigenvalue weighted by Crippen LogP contribution is -2.33. The van der Waals surface area contributed by atoms with Crippen molar-refractivity contribution in [2.24, 2.45) is 5.10 Å². The predicted octanol–water partition coefficient (Wildman–Crippen LogP) is 5.09. The van der Waals surface area contributed by atoms with Gasteiger partial charge in [0, 0.05) is 34.4 Å². The molecule has 2 aliphatic heterocycles. The third kappa shape index (κ3) is 2.59. The molecule has 0 N–H and O–H groups in total. The van der Waals surface area contributed by atoms with Crippen LogP contribution in [0.1, 0.15) is 35.4 Å². The third-order valence-electron chi connectivity index (χ3n) is 4.83. The largest absolute Gasteiger partial charge is 0.464 e. The monoisotopic (exact) mass is 405 g/mol. The van der Waals surface area contributed by atoms with Gasteiger partial charge in [0.1, 0.15) is 5.75 Å². The molecule has 0 radical (unpaired) electrons. The van der Waals surface area contributed by atoms with Gasteiger partial charge in [-0.15, -0.1) is 0 Å². The van der Waals surface area contributed by atoms with Gasteiger partial charge < -0.3 is 4.74 Å². The zero-order chi connectivity index (χ0) is 17.5. The number of hydrazone groups is 1. The van der Waals surface area contributed by atoms with Crippen LogP contribution in [0.4, 0.5) is 0 Å². The molecule has 2 atom stereocenters. The molecule has 3 aromatic rings. The maximum Gasteiger partial charge on any atom is 0.215 e. The second-order valence-electron chi connectivity index (χ2n) is 6.45. The third-order valence-corrected chi connectivity index (χ3v) is 5.32. The van der Waals surface area contributed by atoms with Crippen LogP contribution in [0.15, 0.2) is 82.6 Å². The minimum Gasteiger partial charge on any atom is -0.464 e. The first-order valence-electron chi connectivity index (χ1n) is 8.57. The quantitative estimate of drug-likeness (QED) is 0.595. The van der Waals surface area contributed by atoms with Crippen LogP contribution < -0.4 is 4.74 Å². The fourth-order valence-corrected chi connectivity index (χ4v) is 3.98. The highest BCUT2D eigenvalue weighted by Crippen LogP contribution is 2.48. The predicted molar refractivity (Wildman–Crippen MR) is 104 cm³/mol. The molecule has 2 aliphatic rings. The van der Waals surface area contributed by atoms with E-state index in [0.717, 1.165) is 39.0 Å². The standard InChI is InChI=1S/C21H16BrN3O/c22-16-8-9-20-17(11-16)19-12-18(14-5-2-1-3-6-14)24-25(19)21(26-20)15-7-4-10-23-13-15/h1-11,13,19,21H,12H2/t19-,21-/m1/s1. The number of nitrogens with zero attached hydrogens (tertiary/aromatic N) is 3. The summed E-state index contributed by atoms with van der Waals surface area (Å²) in [4.78, 5) is 4.26. The van der Waals surface area contributed by atoms with Crippen molar-refractivity contribution in [2.45, 2.75) is 18.7 Å². The maximum atomic E-state index is 6.33. The molecule has 0 unspecified atom stereocenters. The van der Waals surface area contributed by atoms with E-state index < -0.39 is 0 Å². The Labute approximate surface area is 160 Å². The second-order valence-corrected chi connectivity index (χ2v) is 7.37. The van der Waals surface area contributed by atoms with Gasteiger partial charge in [0.25, 0.3) is 0 Å². The van der Waals surface area contributed by atoms with E-state index in [0.29, 0.717) is 0 Å². The Bertz CT molecular complexity index is 975. The summed E-state index contributed by atoms with van der Waals surface area (Å²) in [5.41, 5.74) is 4.41. The molecule has 2 aromatic carbocycles. The molecule has 128 valence electrons. The van der Waals surface area contributed by atoms with E-state index in [2.05, 4.69) is 56.3 Å². The lowest BCUT2D eigenvalue weighted by Gasteiger charge is -2.38. The van der Waals surface area contributed by atoms with Crippen LogP contribution in [0.25, 0.3) is 0 Å². The van der Waals surface area contributed by atoms with Crippen LogP contribution in [-0.4, -0.2) is 15.7 Å². The first kappa shape index (κ1) is 15.6. The molecule has 0 aliphatic carbocycles. The molecule has 5 heteroatoms. The van der Waals surface area contributed by atoms with Crippen molar-refractivity contribution in [3.05, 3.63) is 94.2 Å². The summed E-state index contributed by atoms with van der Waals surface area (Å²) in [5.74, 6) is 0.910. The van der Waals surface area contributed by atoms with Gasteiger partial charge in [-0.05, 0) is 29.8 Å². The normalized spacial score (nSPS) is 20.8. The molecule has 0 spiro atoms. The van der Waals surface area contributed by atoms with Crippen molar-refractivity contribution in [3.63, 3.8) is 0 Å². The summed E-state index contributed by atoms with van der Waals surface area (Å²) in [5, 5.41) is 7.03. The maximum absolute atomic E-state index is 6.33. The van der Waals surface area contributed by atoms with Gasteiger partial charge in [-0.1, -0.05) is 52.3 Å². The number of fused-ring (bicyclic) bond motifs is 3. The highest BCUT2D eigenvalue weighted by atomic mass is 79.9. The lowest BCUT2D eigenvalue weighted by molar-refractivity contribution is -0.0192. The highest BCUT2D eigenvalue weighted by Gasteiger charge is 2.41. The fraction of sp³-hybridized carbons (Fsp3) is 0.143. The van der Waals surface area contributed by atoms with Gasteiger partial charge in [-0.25, -0.2) is 5.01 Å². The average Bonchev–Trinajstić information content (AvgIpc) is 3.15. The van der Waals surface area contributed by atoms with E-state index in [1.165, 1.54) is 0 Å². The molecular formula is C21H16BrN3O. The lowest BCUT2D eigenvalue weighted by atomic mass is 9.96. The number of ether oxygens (including phenoxy) is 1. The molecule has 4 nitrogen and oxygen atoms in total. The molecule has 5 rings (SSSR count). The molecule has 1 aromatic heterocycles. The van der Waals surface area contributed by atoms with Crippen LogP contribution in [0.2, 0.25) is 0 Å². The van der Waals surface area contributed by atoms with Gasteiger partial charge in [0.15, 0.2) is 0 Å². The van der Waals surface area contributed by atoms with E-state index in [4.69, 9.17) is 9.84 Å². The SMILES string of the molecule is Brc1ccc2c(c1)[C@H]1CC(c3ccccc3)=NN1[C@@H](c1cccnc1)O2. The van der Waals surface area contributed by atoms with Crippen molar-refractivity contribution >= 4 is 21.6 Å². The first-order chi connectivity index (χ1) is 12.8. The second kappa shape index (κ2) is 6.25. The Morgan fingerprint density at radius 2 is 1.92 bits per heavy atom. The Balaban J connectivity index is 1.62. The van der Waals surface area contributed by atoms with Crippen molar-refractivity contribution in [1.82, 2.24) is 9.99 Å². The number of hydrogen-bond acceptors (Lipinski definition) is 4. The van der Waals surface area contributed by atoms with Gasteiger partial charge in [-0.3, -0.25) is 4.98 Å². The van der Waals surface area contributed by atoms with Gasteiger partial charge in [-0.2, -0.15) is 5.10 Å². The summed E-state index contributed by atoms with van der Waals surface area (Å²) < 4.78 is 7.38. The van der Waals surface area contributed by atoms with Crippen molar-refractivity contribution < 1.29 is 4.74 Å². The number of pyridine rings is 1. The zero-order valence-electron chi connectivity index (χ0n) is 13.9. The number of hydrogen-bond donors (Lipinski definition) is 0. The van der Waals surface area contributed by atoms with Crippen LogP contribution in [0.5, 0.6) is 5.75 Å². The minimum atomic E-state index is -0.274. The molecular weight excluding hydrogens is 390 g/mol. The Kier molecular flexibility index (Phi) is 3.75. The van der Waals surface area contributed by atoms with E-state index in [1.807, 2.05) is 36.5 Å². The Morgan fingerprint density at radius 3 is 2.73 bits per heavy atom. The summed E-state index contributed by atoms with van der Waals surface area (Å²) in [6.07, 6.45) is 4.20. The number of aromatic nitrogens is 1. The van der Waals surface area contributed by atoms with Crippen molar-refractivity contribution in [1.29, 1.82) is 0 Å². The number of benzene rings is 2. The summed E-state index contributed by atoms with van der Waals surface area (Å²) in [6, 6.07) is 20.6. The van der Waals surface area contributed by atoms with Crippen molar-refractivity contribution in [2.75, 3.05) is 0 Å². The van der Waals surface area contributed by atoms with E-state index >= 15 is 0 Å². The van der Waals surface area contributed by atoms with Crippen LogP contribution in [0.3, 0.4) is 0 Å². The van der Waals surface area contributed by atoms with Gasteiger partial charge >= 0.3 is 0 Å². The smallest absolute Gasteiger partial charge is 0.215 e. The molecule has 0 saturated heterocycles. The average molecular weight is 406 g/mol. The van der Waals surface area contributed by atoms with Crippen LogP contribution >= 0.6 is 15.9 Å². The summed E-state index contributed by atoms with van der Waals surface area (Å²) in [6.45, 7) is 0. The fourth-order valence-electron chi connectivity index (χ4n) is 3.61. The molecule has 0 saturated carbocycles. The van der Waals surface area contributed by atoms with Crippen LogP contribution in [0, 0.1) is 0 Å². The van der Waals surface area contributed by atoms with E-state index in [-0.39, 0.29) is 12.3 Å². The Morgan fingerprint density at radius 1 is 1.04 bits per heavy atom. The molecule has 0 bridgehead atoms. The van der Waals surface area contributed by atoms with E-state index in [1.54, 1.807) is 6.20 Å². The minimum absolute atomic E-state index is 0.150. The Hall–Kier alpha value is -2.66. The van der Waals surface area contributed by atoms with Gasteiger partial charge in [0.2, 0.25) is 6.23 Å². The molecule has 0 fully saturated rings. The highest BCUT2D eigenvalue weighted by molar-refractivity contribution is 9.10. The first-order valence-corrected chi connectivity index (χ1v) is 9.36. The number of halogens is 1. The molecule has 26 heavy (non-hydrogen) atoms. The van der Waals surface area contributed by atoms with Gasteiger partial charge in [0.05, 0.1) is 11.8 Å². The van der Waals surface area contributed by atoms with Crippen molar-refractivity contribution in [3.8, 4) is 5.75 Å². The molecule has 0 amide bonds. The van der Waals surface area contributed by atoms with Crippen LogP contribution in [-0.2, 0) is 0 Å². The van der Waals surface area contributed by atoms with E-state index in [9.17, 15) is 0 Å². The molecule has 3 heterocycles.